The average molecular weight is 316 g/mol. The highest BCUT2D eigenvalue weighted by molar-refractivity contribution is 7.99. The van der Waals surface area contributed by atoms with Crippen molar-refractivity contribution in [2.45, 2.75) is 38.1 Å². The van der Waals surface area contributed by atoms with Crippen molar-refractivity contribution in [1.82, 2.24) is 19.9 Å². The summed E-state index contributed by atoms with van der Waals surface area (Å²) in [6.45, 7) is 3.30. The van der Waals surface area contributed by atoms with E-state index >= 15 is 0 Å². The molecule has 4 heterocycles. The summed E-state index contributed by atoms with van der Waals surface area (Å²) in [5, 5.41) is 3.53. The molecular formula is C17H24N4S. The van der Waals surface area contributed by atoms with E-state index in [1.165, 1.54) is 43.0 Å². The highest BCUT2D eigenvalue weighted by Crippen LogP contribution is 2.30. The van der Waals surface area contributed by atoms with Crippen LogP contribution >= 0.6 is 11.8 Å². The maximum absolute atomic E-state index is 4.96. The molecule has 118 valence electrons. The molecule has 2 aliphatic rings. The van der Waals surface area contributed by atoms with Crippen LogP contribution in [0.2, 0.25) is 0 Å². The highest BCUT2D eigenvalue weighted by Gasteiger charge is 2.24. The van der Waals surface area contributed by atoms with Crippen molar-refractivity contribution >= 4 is 22.9 Å². The molecule has 0 radical (unpaired) electrons. The van der Waals surface area contributed by atoms with E-state index in [4.69, 9.17) is 4.98 Å². The van der Waals surface area contributed by atoms with Gasteiger partial charge >= 0.3 is 0 Å². The van der Waals surface area contributed by atoms with Crippen LogP contribution in [0.5, 0.6) is 0 Å². The van der Waals surface area contributed by atoms with Crippen LogP contribution in [0.1, 0.15) is 37.4 Å². The van der Waals surface area contributed by atoms with Crippen molar-refractivity contribution in [1.29, 1.82) is 0 Å². The molecule has 1 atom stereocenters. The van der Waals surface area contributed by atoms with Gasteiger partial charge in [-0.3, -0.25) is 0 Å². The van der Waals surface area contributed by atoms with Crippen molar-refractivity contribution in [2.75, 3.05) is 24.6 Å². The van der Waals surface area contributed by atoms with Crippen LogP contribution in [-0.2, 0) is 6.54 Å². The molecule has 22 heavy (non-hydrogen) atoms. The molecular weight excluding hydrogens is 292 g/mol. The third kappa shape index (κ3) is 2.88. The lowest BCUT2D eigenvalue weighted by Crippen LogP contribution is -2.30. The summed E-state index contributed by atoms with van der Waals surface area (Å²) >= 11 is 2.10. The molecule has 2 aromatic rings. The molecule has 4 nitrogen and oxygen atoms in total. The van der Waals surface area contributed by atoms with Gasteiger partial charge in [-0.05, 0) is 61.8 Å². The molecule has 1 N–H and O–H groups in total. The van der Waals surface area contributed by atoms with Gasteiger partial charge in [-0.2, -0.15) is 11.8 Å². The zero-order valence-electron chi connectivity index (χ0n) is 13.0. The number of nitrogens with one attached hydrogen (secondary N) is 1. The number of hydrogen-bond donors (Lipinski definition) is 1. The summed E-state index contributed by atoms with van der Waals surface area (Å²) < 4.78 is 2.44. The Morgan fingerprint density at radius 3 is 3.00 bits per heavy atom. The second-order valence-electron chi connectivity index (χ2n) is 6.53. The number of imidazole rings is 1. The van der Waals surface area contributed by atoms with E-state index in [1.54, 1.807) is 0 Å². The van der Waals surface area contributed by atoms with Crippen LogP contribution < -0.4 is 5.32 Å². The third-order valence-electron chi connectivity index (χ3n) is 4.98. The second kappa shape index (κ2) is 6.59. The van der Waals surface area contributed by atoms with Crippen molar-refractivity contribution < 1.29 is 0 Å². The third-order valence-corrected chi connectivity index (χ3v) is 6.03. The summed E-state index contributed by atoms with van der Waals surface area (Å²) in [6, 6.07) is 4.11. The van der Waals surface area contributed by atoms with E-state index in [-0.39, 0.29) is 0 Å². The van der Waals surface area contributed by atoms with Crippen LogP contribution in [0.25, 0.3) is 11.2 Å². The second-order valence-corrected chi connectivity index (χ2v) is 7.75. The minimum absolute atomic E-state index is 0.543. The first kappa shape index (κ1) is 14.5. The minimum Gasteiger partial charge on any atom is -0.316 e. The lowest BCUT2D eigenvalue weighted by Gasteiger charge is -2.26. The number of aromatic nitrogens is 3. The number of hydrogen-bond acceptors (Lipinski definition) is 4. The van der Waals surface area contributed by atoms with Crippen molar-refractivity contribution in [3.63, 3.8) is 0 Å². The SMILES string of the molecule is c1cnc2c(c1)nc(C1CCCNC1)n2CC1CCSCC1. The zero-order valence-corrected chi connectivity index (χ0v) is 13.8. The summed E-state index contributed by atoms with van der Waals surface area (Å²) in [5.41, 5.74) is 2.15. The van der Waals surface area contributed by atoms with Crippen molar-refractivity contribution in [3.05, 3.63) is 24.2 Å². The van der Waals surface area contributed by atoms with Gasteiger partial charge in [0, 0.05) is 25.2 Å². The van der Waals surface area contributed by atoms with Gasteiger partial charge in [-0.25, -0.2) is 9.97 Å². The first-order valence-corrected chi connectivity index (χ1v) is 9.67. The molecule has 2 aliphatic heterocycles. The number of nitrogens with zero attached hydrogens (tertiary/aromatic N) is 3. The van der Waals surface area contributed by atoms with Crippen LogP contribution in [-0.4, -0.2) is 39.1 Å². The molecule has 2 fully saturated rings. The maximum atomic E-state index is 4.96. The average Bonchev–Trinajstić information content (AvgIpc) is 2.95. The Labute approximate surface area is 136 Å². The molecule has 0 aliphatic carbocycles. The number of thioether (sulfide) groups is 1. The minimum atomic E-state index is 0.543. The fourth-order valence-corrected chi connectivity index (χ4v) is 4.93. The largest absolute Gasteiger partial charge is 0.316 e. The van der Waals surface area contributed by atoms with Crippen LogP contribution in [0.4, 0.5) is 0 Å². The van der Waals surface area contributed by atoms with Crippen LogP contribution in [0.15, 0.2) is 18.3 Å². The van der Waals surface area contributed by atoms with Crippen molar-refractivity contribution in [3.8, 4) is 0 Å². The predicted octanol–water partition coefficient (Wildman–Crippen LogP) is 3.04. The molecule has 5 heteroatoms. The Kier molecular flexibility index (Phi) is 4.35. The van der Waals surface area contributed by atoms with E-state index in [2.05, 4.69) is 32.7 Å². The number of rotatable bonds is 3. The summed E-state index contributed by atoms with van der Waals surface area (Å²) in [4.78, 5) is 9.59. The van der Waals surface area contributed by atoms with Crippen molar-refractivity contribution in [2.24, 2.45) is 5.92 Å². The van der Waals surface area contributed by atoms with Gasteiger partial charge in [0.25, 0.3) is 0 Å². The van der Waals surface area contributed by atoms with Gasteiger partial charge in [0.15, 0.2) is 5.65 Å². The Morgan fingerprint density at radius 2 is 2.18 bits per heavy atom. The van der Waals surface area contributed by atoms with Crippen LogP contribution in [0.3, 0.4) is 0 Å². The van der Waals surface area contributed by atoms with Gasteiger partial charge in [-0.15, -0.1) is 0 Å². The van der Waals surface area contributed by atoms with Crippen LogP contribution in [0, 0.1) is 5.92 Å². The number of pyridine rings is 1. The quantitative estimate of drug-likeness (QED) is 0.945. The molecule has 2 aromatic heterocycles. The Balaban J connectivity index is 1.69. The summed E-state index contributed by atoms with van der Waals surface area (Å²) in [5.74, 6) is 5.21. The summed E-state index contributed by atoms with van der Waals surface area (Å²) in [7, 11) is 0. The fraction of sp³-hybridized carbons (Fsp3) is 0.647. The lowest BCUT2D eigenvalue weighted by molar-refractivity contribution is 0.386. The molecule has 0 saturated carbocycles. The molecule has 0 bridgehead atoms. The predicted molar refractivity (Wildman–Crippen MR) is 92.4 cm³/mol. The van der Waals surface area contributed by atoms with E-state index in [1.807, 2.05) is 12.3 Å². The molecule has 0 amide bonds. The summed E-state index contributed by atoms with van der Waals surface area (Å²) in [6.07, 6.45) is 7.07. The van der Waals surface area contributed by atoms with Gasteiger partial charge in [0.1, 0.15) is 11.3 Å². The molecule has 0 spiro atoms. The Morgan fingerprint density at radius 1 is 1.27 bits per heavy atom. The van der Waals surface area contributed by atoms with Gasteiger partial charge in [0.2, 0.25) is 0 Å². The van der Waals surface area contributed by atoms with Gasteiger partial charge in [0.05, 0.1) is 0 Å². The lowest BCUT2D eigenvalue weighted by atomic mass is 9.98. The Bertz CT molecular complexity index is 627. The van der Waals surface area contributed by atoms with Gasteiger partial charge < -0.3 is 9.88 Å². The molecule has 2 saturated heterocycles. The normalized spacial score (nSPS) is 23.9. The standard InChI is InChI=1S/C17H24N4S/c1-3-14(11-18-7-1)16-20-15-4-2-8-19-17(15)21(16)12-13-5-9-22-10-6-13/h2,4,8,13-14,18H,1,3,5-7,9-12H2. The van der Waals surface area contributed by atoms with Gasteiger partial charge in [-0.1, -0.05) is 0 Å². The topological polar surface area (TPSA) is 42.7 Å². The first-order valence-electron chi connectivity index (χ1n) is 8.51. The van der Waals surface area contributed by atoms with E-state index < -0.39 is 0 Å². The van der Waals surface area contributed by atoms with E-state index in [9.17, 15) is 0 Å². The molecule has 4 rings (SSSR count). The maximum Gasteiger partial charge on any atom is 0.160 e. The highest BCUT2D eigenvalue weighted by atomic mass is 32.2. The van der Waals surface area contributed by atoms with E-state index in [0.29, 0.717) is 5.92 Å². The smallest absolute Gasteiger partial charge is 0.160 e. The molecule has 0 aromatic carbocycles. The molecule has 1 unspecified atom stereocenters. The fourth-order valence-electron chi connectivity index (χ4n) is 3.73. The Hall–Kier alpha value is -1.07. The number of fused-ring (bicyclic) bond motifs is 1. The van der Waals surface area contributed by atoms with E-state index in [0.717, 1.165) is 36.7 Å². The zero-order chi connectivity index (χ0) is 14.8. The first-order chi connectivity index (χ1) is 10.9. The number of piperidine rings is 1. The monoisotopic (exact) mass is 316 g/mol.